The summed E-state index contributed by atoms with van der Waals surface area (Å²) in [6, 6.07) is -0.187. The van der Waals surface area contributed by atoms with E-state index in [0.29, 0.717) is 5.56 Å². The number of rotatable bonds is 15. The van der Waals surface area contributed by atoms with Gasteiger partial charge in [-0.25, -0.2) is 0 Å². The van der Waals surface area contributed by atoms with Gasteiger partial charge in [-0.1, -0.05) is 15.5 Å². The molecule has 0 bridgehead atoms. The van der Waals surface area contributed by atoms with Crippen molar-refractivity contribution in [2.75, 3.05) is 13.6 Å². The van der Waals surface area contributed by atoms with Gasteiger partial charge in [-0.2, -0.15) is 0 Å². The Balaban J connectivity index is 3.07. The fourth-order valence-electron chi connectivity index (χ4n) is 3.10. The van der Waals surface area contributed by atoms with Crippen molar-refractivity contribution in [3.8, 4) is 0 Å². The minimum atomic E-state index is -1.42. The molecule has 198 valence electrons. The molecule has 5 amide bonds. The summed E-state index contributed by atoms with van der Waals surface area (Å²) in [6.45, 7) is -0.389. The van der Waals surface area contributed by atoms with Crippen LogP contribution in [-0.4, -0.2) is 77.1 Å². The number of hydrogen-bond donors (Lipinski definition) is 5. The SMILES string of the molecule is CN(CC(N)=O)C(=O)[C@H](Cc1cccnc1)NC(=O)C(CC(N)=O)NC(=O)[C@H](CCC(=O)OP)NP. The Bertz CT molecular complexity index is 952. The van der Waals surface area contributed by atoms with Crippen LogP contribution >= 0.6 is 18.9 Å². The normalized spacial score (nSPS) is 13.0. The Hall–Kier alpha value is -3.21. The van der Waals surface area contributed by atoms with Gasteiger partial charge < -0.3 is 31.5 Å². The molecule has 0 fully saturated rings. The second kappa shape index (κ2) is 15.7. The van der Waals surface area contributed by atoms with Crippen LogP contribution in [0.3, 0.4) is 0 Å². The minimum Gasteiger partial charge on any atom is -0.452 e. The molecule has 3 unspecified atom stereocenters. The van der Waals surface area contributed by atoms with Crippen molar-refractivity contribution in [1.82, 2.24) is 25.6 Å². The van der Waals surface area contributed by atoms with Crippen molar-refractivity contribution >= 4 is 54.4 Å². The van der Waals surface area contributed by atoms with E-state index in [2.05, 4.69) is 34.6 Å². The third-order valence-electron chi connectivity index (χ3n) is 4.87. The van der Waals surface area contributed by atoms with Crippen LogP contribution < -0.4 is 27.2 Å². The molecule has 7 N–H and O–H groups in total. The summed E-state index contributed by atoms with van der Waals surface area (Å²) in [5.41, 5.74) is 11.0. The molecule has 0 aliphatic heterocycles. The van der Waals surface area contributed by atoms with Crippen molar-refractivity contribution < 1.29 is 33.3 Å². The van der Waals surface area contributed by atoms with Gasteiger partial charge in [0, 0.05) is 32.3 Å². The number of nitrogens with zero attached hydrogens (tertiary/aromatic N) is 2. The molecular formula is C20H31N7O7P2. The maximum Gasteiger partial charge on any atom is 0.307 e. The maximum absolute atomic E-state index is 13.1. The molecule has 0 radical (unpaired) electrons. The van der Waals surface area contributed by atoms with E-state index in [-0.39, 0.29) is 25.8 Å². The third kappa shape index (κ3) is 11.0. The quantitative estimate of drug-likeness (QED) is 0.145. The Kier molecular flexibility index (Phi) is 13.5. The second-order valence-corrected chi connectivity index (χ2v) is 8.34. The fraction of sp³-hybridized carbons (Fsp3) is 0.450. The first-order valence-corrected chi connectivity index (χ1v) is 11.7. The maximum atomic E-state index is 13.1. The molecule has 0 aliphatic rings. The van der Waals surface area contributed by atoms with E-state index in [0.717, 1.165) is 4.90 Å². The van der Waals surface area contributed by atoms with Crippen LogP contribution in [-0.2, 0) is 39.7 Å². The molecule has 16 heteroatoms. The van der Waals surface area contributed by atoms with Crippen LogP contribution in [0.5, 0.6) is 0 Å². The first-order chi connectivity index (χ1) is 17.0. The lowest BCUT2D eigenvalue weighted by molar-refractivity contribution is -0.138. The Morgan fingerprint density at radius 2 is 1.69 bits per heavy atom. The highest BCUT2D eigenvalue weighted by Gasteiger charge is 2.31. The van der Waals surface area contributed by atoms with Crippen molar-refractivity contribution in [2.45, 2.75) is 43.8 Å². The van der Waals surface area contributed by atoms with Gasteiger partial charge in [0.25, 0.3) is 0 Å². The van der Waals surface area contributed by atoms with Crippen LogP contribution in [0.4, 0.5) is 0 Å². The van der Waals surface area contributed by atoms with E-state index >= 15 is 0 Å². The second-order valence-electron chi connectivity index (χ2n) is 7.77. The van der Waals surface area contributed by atoms with Gasteiger partial charge >= 0.3 is 5.97 Å². The summed E-state index contributed by atoms with van der Waals surface area (Å²) in [4.78, 5) is 78.0. The molecule has 0 saturated carbocycles. The Labute approximate surface area is 212 Å². The summed E-state index contributed by atoms with van der Waals surface area (Å²) in [7, 11) is 5.28. The summed E-state index contributed by atoms with van der Waals surface area (Å²) in [6.07, 6.45) is 2.42. The van der Waals surface area contributed by atoms with Crippen molar-refractivity contribution in [2.24, 2.45) is 11.5 Å². The Morgan fingerprint density at radius 1 is 1.06 bits per heavy atom. The minimum absolute atomic E-state index is 0.00563. The molecule has 1 aromatic rings. The third-order valence-corrected chi connectivity index (χ3v) is 5.54. The van der Waals surface area contributed by atoms with E-state index in [1.54, 1.807) is 21.6 Å². The Morgan fingerprint density at radius 3 is 2.22 bits per heavy atom. The van der Waals surface area contributed by atoms with Crippen LogP contribution in [0.15, 0.2) is 24.5 Å². The van der Waals surface area contributed by atoms with Gasteiger partial charge in [-0.15, -0.1) is 0 Å². The summed E-state index contributed by atoms with van der Waals surface area (Å²) < 4.78 is 4.47. The highest BCUT2D eigenvalue weighted by Crippen LogP contribution is 2.08. The number of amides is 5. The zero-order chi connectivity index (χ0) is 27.3. The summed E-state index contributed by atoms with van der Waals surface area (Å²) in [5.74, 6) is -4.37. The fourth-order valence-corrected chi connectivity index (χ4v) is 3.53. The number of primary amides is 2. The average molecular weight is 543 g/mol. The van der Waals surface area contributed by atoms with Crippen LogP contribution in [0.25, 0.3) is 0 Å². The van der Waals surface area contributed by atoms with Gasteiger partial charge in [0.2, 0.25) is 29.5 Å². The number of carbonyl (C=O) groups is 6. The lowest BCUT2D eigenvalue weighted by atomic mass is 10.0. The molecule has 5 atom stereocenters. The van der Waals surface area contributed by atoms with Crippen molar-refractivity contribution in [1.29, 1.82) is 0 Å². The van der Waals surface area contributed by atoms with Crippen molar-refractivity contribution in [3.63, 3.8) is 0 Å². The zero-order valence-corrected chi connectivity index (χ0v) is 21.9. The predicted octanol–water partition coefficient (Wildman–Crippen LogP) is -2.73. The molecular weight excluding hydrogens is 512 g/mol. The monoisotopic (exact) mass is 543 g/mol. The number of aromatic nitrogens is 1. The van der Waals surface area contributed by atoms with Crippen molar-refractivity contribution in [3.05, 3.63) is 30.1 Å². The highest BCUT2D eigenvalue weighted by atomic mass is 31.0. The first-order valence-electron chi connectivity index (χ1n) is 10.6. The largest absolute Gasteiger partial charge is 0.452 e. The van der Waals surface area contributed by atoms with E-state index in [9.17, 15) is 28.8 Å². The summed E-state index contributed by atoms with van der Waals surface area (Å²) >= 11 is 0. The van der Waals surface area contributed by atoms with Crippen LogP contribution in [0.2, 0.25) is 0 Å². The molecule has 0 spiro atoms. The number of likely N-dealkylation sites (N-methyl/N-ethyl adjacent to an activating group) is 1. The number of pyridine rings is 1. The van der Waals surface area contributed by atoms with E-state index < -0.39 is 60.1 Å². The molecule has 1 rings (SSSR count). The van der Waals surface area contributed by atoms with Gasteiger partial charge in [-0.05, 0) is 18.1 Å². The number of nitrogens with one attached hydrogen (secondary N) is 3. The number of nitrogens with two attached hydrogens (primary N) is 2. The zero-order valence-electron chi connectivity index (χ0n) is 19.6. The van der Waals surface area contributed by atoms with Gasteiger partial charge in [0.05, 0.1) is 28.5 Å². The van der Waals surface area contributed by atoms with Gasteiger partial charge in [0.15, 0.2) is 0 Å². The van der Waals surface area contributed by atoms with Crippen LogP contribution in [0, 0.1) is 0 Å². The predicted molar refractivity (Wildman–Crippen MR) is 134 cm³/mol. The topological polar surface area (TPSA) is 216 Å². The summed E-state index contributed by atoms with van der Waals surface area (Å²) in [5, 5.41) is 7.56. The number of hydrogen-bond acceptors (Lipinski definition) is 9. The lowest BCUT2D eigenvalue weighted by Gasteiger charge is -2.26. The molecule has 0 saturated heterocycles. The smallest absolute Gasteiger partial charge is 0.307 e. The lowest BCUT2D eigenvalue weighted by Crippen LogP contribution is -2.57. The number of carbonyl (C=O) groups excluding carboxylic acids is 6. The molecule has 36 heavy (non-hydrogen) atoms. The molecule has 1 aromatic heterocycles. The van der Waals surface area contributed by atoms with E-state index in [4.69, 9.17) is 11.5 Å². The van der Waals surface area contributed by atoms with Gasteiger partial charge in [-0.3, -0.25) is 38.8 Å². The standard InChI is InChI=1S/C20H31N7O7P2/c1-27(10-16(22)29)20(33)14(7-11-3-2-6-23-9-11)25-19(32)13(8-15(21)28)24-18(31)12(26-35)4-5-17(30)34-36/h2-3,6,9,12-14,26H,4-5,7-8,10,35-36H2,1H3,(H2,21,28)(H2,22,29)(H,24,31)(H,25,32)/t12-,13?,14-/m0/s1. The van der Waals surface area contributed by atoms with Gasteiger partial charge in [0.1, 0.15) is 12.1 Å². The molecule has 14 nitrogen and oxygen atoms in total. The van der Waals surface area contributed by atoms with Crippen LogP contribution in [0.1, 0.15) is 24.8 Å². The van der Waals surface area contributed by atoms with E-state index in [1.807, 2.05) is 0 Å². The van der Waals surface area contributed by atoms with E-state index in [1.165, 1.54) is 19.4 Å². The average Bonchev–Trinajstić information content (AvgIpc) is 2.82. The molecule has 0 aromatic carbocycles. The highest BCUT2D eigenvalue weighted by molar-refractivity contribution is 7.13. The molecule has 0 aliphatic carbocycles. The molecule has 1 heterocycles. The first kappa shape index (κ1) is 30.8.